The SMILES string of the molecule is COc1cc(C=C2N=C(c3ccccc3)N(CC(C)=O)C2=O)cc(OC)c1OC. The Bertz CT molecular complexity index is 971. The molecule has 3 rings (SSSR count). The quantitative estimate of drug-likeness (QED) is 0.675. The Morgan fingerprint density at radius 3 is 2.17 bits per heavy atom. The van der Waals surface area contributed by atoms with Crippen molar-refractivity contribution in [2.45, 2.75) is 6.92 Å². The molecule has 7 heteroatoms. The van der Waals surface area contributed by atoms with Gasteiger partial charge >= 0.3 is 0 Å². The Morgan fingerprint density at radius 1 is 1.03 bits per heavy atom. The molecule has 0 spiro atoms. The van der Waals surface area contributed by atoms with Crippen molar-refractivity contribution < 1.29 is 23.8 Å². The molecule has 0 bridgehead atoms. The summed E-state index contributed by atoms with van der Waals surface area (Å²) >= 11 is 0. The smallest absolute Gasteiger partial charge is 0.278 e. The number of amidine groups is 1. The van der Waals surface area contributed by atoms with Crippen LogP contribution in [0.15, 0.2) is 53.2 Å². The highest BCUT2D eigenvalue weighted by Crippen LogP contribution is 2.39. The summed E-state index contributed by atoms with van der Waals surface area (Å²) in [5.74, 6) is 1.38. The monoisotopic (exact) mass is 394 g/mol. The molecule has 2 aromatic carbocycles. The topological polar surface area (TPSA) is 77.4 Å². The van der Waals surface area contributed by atoms with E-state index in [0.29, 0.717) is 28.6 Å². The second-order valence-corrected chi connectivity index (χ2v) is 6.38. The van der Waals surface area contributed by atoms with Crippen LogP contribution < -0.4 is 14.2 Å². The van der Waals surface area contributed by atoms with E-state index in [1.54, 1.807) is 18.2 Å². The van der Waals surface area contributed by atoms with E-state index in [9.17, 15) is 9.59 Å². The molecular weight excluding hydrogens is 372 g/mol. The van der Waals surface area contributed by atoms with Crippen molar-refractivity contribution in [3.05, 3.63) is 59.3 Å². The first-order chi connectivity index (χ1) is 14.0. The summed E-state index contributed by atoms with van der Waals surface area (Å²) < 4.78 is 16.1. The van der Waals surface area contributed by atoms with Crippen LogP contribution in [0.1, 0.15) is 18.1 Å². The maximum Gasteiger partial charge on any atom is 0.278 e. The van der Waals surface area contributed by atoms with E-state index in [4.69, 9.17) is 14.2 Å². The lowest BCUT2D eigenvalue weighted by atomic mass is 10.1. The number of methoxy groups -OCH3 is 3. The highest BCUT2D eigenvalue weighted by atomic mass is 16.5. The molecule has 0 N–H and O–H groups in total. The van der Waals surface area contributed by atoms with Gasteiger partial charge in [-0.1, -0.05) is 30.3 Å². The number of rotatable bonds is 7. The number of carbonyl (C=O) groups excluding carboxylic acids is 2. The number of Topliss-reactive ketones (excluding diaryl/α,β-unsaturated/α-hetero) is 1. The Labute approximate surface area is 169 Å². The van der Waals surface area contributed by atoms with E-state index >= 15 is 0 Å². The number of hydrogen-bond donors (Lipinski definition) is 0. The first kappa shape index (κ1) is 20.1. The zero-order valence-corrected chi connectivity index (χ0v) is 16.8. The highest BCUT2D eigenvalue weighted by molar-refractivity contribution is 6.20. The standard InChI is InChI=1S/C22H22N2O5/c1-14(25)13-24-21(16-8-6-5-7-9-16)23-17(22(24)26)10-15-11-18(27-2)20(29-4)19(12-15)28-3/h5-12H,13H2,1-4H3. The predicted octanol–water partition coefficient (Wildman–Crippen LogP) is 2.93. The van der Waals surface area contributed by atoms with Gasteiger partial charge in [0.25, 0.3) is 5.91 Å². The molecule has 1 heterocycles. The molecule has 0 atom stereocenters. The molecule has 7 nitrogen and oxygen atoms in total. The van der Waals surface area contributed by atoms with Gasteiger partial charge in [-0.2, -0.15) is 0 Å². The number of carbonyl (C=O) groups is 2. The maximum atomic E-state index is 13.0. The van der Waals surface area contributed by atoms with Gasteiger partial charge in [0.15, 0.2) is 11.5 Å². The molecule has 2 aromatic rings. The van der Waals surface area contributed by atoms with Crippen molar-refractivity contribution in [2.75, 3.05) is 27.9 Å². The van der Waals surface area contributed by atoms with Crippen molar-refractivity contribution in [3.63, 3.8) is 0 Å². The van der Waals surface area contributed by atoms with Crippen LogP contribution in [0.5, 0.6) is 17.2 Å². The number of benzene rings is 2. The van der Waals surface area contributed by atoms with Gasteiger partial charge in [0, 0.05) is 5.56 Å². The summed E-state index contributed by atoms with van der Waals surface area (Å²) in [7, 11) is 4.57. The van der Waals surface area contributed by atoms with Crippen molar-refractivity contribution >= 4 is 23.6 Å². The van der Waals surface area contributed by atoms with Crippen molar-refractivity contribution in [1.82, 2.24) is 4.90 Å². The average molecular weight is 394 g/mol. The number of aliphatic imine (C=N–C) groups is 1. The van der Waals surface area contributed by atoms with Crippen LogP contribution in [0.25, 0.3) is 6.08 Å². The van der Waals surface area contributed by atoms with E-state index in [2.05, 4.69) is 4.99 Å². The fourth-order valence-corrected chi connectivity index (χ4v) is 3.07. The summed E-state index contributed by atoms with van der Waals surface area (Å²) in [6, 6.07) is 12.7. The number of ether oxygens (including phenoxy) is 3. The molecule has 0 radical (unpaired) electrons. The van der Waals surface area contributed by atoms with Gasteiger partial charge in [0.1, 0.15) is 17.3 Å². The Morgan fingerprint density at radius 2 is 1.66 bits per heavy atom. The number of nitrogens with zero attached hydrogens (tertiary/aromatic N) is 2. The van der Waals surface area contributed by atoms with Crippen molar-refractivity contribution in [1.29, 1.82) is 0 Å². The minimum atomic E-state index is -0.340. The van der Waals surface area contributed by atoms with Gasteiger partial charge in [-0.15, -0.1) is 0 Å². The zero-order valence-electron chi connectivity index (χ0n) is 16.8. The normalized spacial score (nSPS) is 14.8. The summed E-state index contributed by atoms with van der Waals surface area (Å²) in [5, 5.41) is 0. The third-order valence-corrected chi connectivity index (χ3v) is 4.35. The van der Waals surface area contributed by atoms with E-state index < -0.39 is 0 Å². The maximum absolute atomic E-state index is 13.0. The lowest BCUT2D eigenvalue weighted by Gasteiger charge is -2.16. The van der Waals surface area contributed by atoms with Gasteiger partial charge in [-0.05, 0) is 30.7 Å². The van der Waals surface area contributed by atoms with E-state index in [0.717, 1.165) is 5.56 Å². The van der Waals surface area contributed by atoms with Gasteiger partial charge in [0.2, 0.25) is 5.75 Å². The van der Waals surface area contributed by atoms with E-state index in [-0.39, 0.29) is 23.9 Å². The molecular formula is C22H22N2O5. The van der Waals surface area contributed by atoms with Gasteiger partial charge in [-0.25, -0.2) is 4.99 Å². The summed E-state index contributed by atoms with van der Waals surface area (Å²) in [6.45, 7) is 1.40. The molecule has 1 amide bonds. The second kappa shape index (κ2) is 8.60. The van der Waals surface area contributed by atoms with Gasteiger partial charge in [0.05, 0.1) is 27.9 Å². The largest absolute Gasteiger partial charge is 0.493 e. The van der Waals surface area contributed by atoms with Crippen molar-refractivity contribution in [2.24, 2.45) is 4.99 Å². The van der Waals surface area contributed by atoms with Crippen LogP contribution in [0.4, 0.5) is 0 Å². The Kier molecular flexibility index (Phi) is 5.97. The minimum Gasteiger partial charge on any atom is -0.493 e. The van der Waals surface area contributed by atoms with Crippen LogP contribution in [-0.4, -0.2) is 50.3 Å². The minimum absolute atomic E-state index is 0.0425. The third kappa shape index (κ3) is 4.13. The lowest BCUT2D eigenvalue weighted by molar-refractivity contribution is -0.127. The second-order valence-electron chi connectivity index (χ2n) is 6.38. The summed E-state index contributed by atoms with van der Waals surface area (Å²) in [6.07, 6.45) is 1.63. The fourth-order valence-electron chi connectivity index (χ4n) is 3.07. The Balaban J connectivity index is 2.08. The van der Waals surface area contributed by atoms with Gasteiger partial charge < -0.3 is 14.2 Å². The number of hydrogen-bond acceptors (Lipinski definition) is 6. The number of amides is 1. The molecule has 0 fully saturated rings. The molecule has 0 saturated heterocycles. The summed E-state index contributed by atoms with van der Waals surface area (Å²) in [4.78, 5) is 30.6. The molecule has 1 aliphatic heterocycles. The van der Waals surface area contributed by atoms with Gasteiger partial charge in [-0.3, -0.25) is 14.5 Å². The van der Waals surface area contributed by atoms with Crippen molar-refractivity contribution in [3.8, 4) is 17.2 Å². The van der Waals surface area contributed by atoms with Crippen LogP contribution in [0.3, 0.4) is 0 Å². The molecule has 1 aliphatic rings. The zero-order chi connectivity index (χ0) is 21.0. The molecule has 0 unspecified atom stereocenters. The fraction of sp³-hybridized carbons (Fsp3) is 0.227. The van der Waals surface area contributed by atoms with Crippen LogP contribution >= 0.6 is 0 Å². The first-order valence-electron chi connectivity index (χ1n) is 8.95. The first-order valence-corrected chi connectivity index (χ1v) is 8.95. The molecule has 0 saturated carbocycles. The van der Waals surface area contributed by atoms with Crippen LogP contribution in [-0.2, 0) is 9.59 Å². The van der Waals surface area contributed by atoms with Crippen LogP contribution in [0, 0.1) is 0 Å². The molecule has 0 aliphatic carbocycles. The predicted molar refractivity (Wildman–Crippen MR) is 109 cm³/mol. The number of ketones is 1. The average Bonchev–Trinajstić information content (AvgIpc) is 3.02. The molecule has 29 heavy (non-hydrogen) atoms. The highest BCUT2D eigenvalue weighted by Gasteiger charge is 2.31. The third-order valence-electron chi connectivity index (χ3n) is 4.35. The van der Waals surface area contributed by atoms with E-state index in [1.807, 2.05) is 30.3 Å². The molecule has 150 valence electrons. The lowest BCUT2D eigenvalue weighted by Crippen LogP contribution is -2.36. The summed E-state index contributed by atoms with van der Waals surface area (Å²) in [5.41, 5.74) is 1.64. The van der Waals surface area contributed by atoms with E-state index in [1.165, 1.54) is 33.2 Å². The van der Waals surface area contributed by atoms with Crippen LogP contribution in [0.2, 0.25) is 0 Å². The Hall–Kier alpha value is -3.61. The molecule has 0 aromatic heterocycles.